The average molecular weight is 276 g/mol. The summed E-state index contributed by atoms with van der Waals surface area (Å²) in [5.74, 6) is -0.282. The molecule has 6 nitrogen and oxygen atoms in total. The van der Waals surface area contributed by atoms with E-state index in [0.717, 1.165) is 24.5 Å². The van der Waals surface area contributed by atoms with Crippen molar-refractivity contribution in [3.8, 4) is 0 Å². The van der Waals surface area contributed by atoms with Crippen LogP contribution in [0.25, 0.3) is 0 Å². The van der Waals surface area contributed by atoms with Crippen LogP contribution in [0.5, 0.6) is 0 Å². The number of nitrogens with one attached hydrogen (secondary N) is 1. The zero-order valence-corrected chi connectivity index (χ0v) is 10.9. The molecule has 1 amide bonds. The van der Waals surface area contributed by atoms with Gasteiger partial charge >= 0.3 is 0 Å². The normalized spacial score (nSPS) is 18.4. The average Bonchev–Trinajstić information content (AvgIpc) is 3.10. The number of rotatable bonds is 3. The van der Waals surface area contributed by atoms with Gasteiger partial charge in [-0.15, -0.1) is 10.2 Å². The van der Waals surface area contributed by atoms with Gasteiger partial charge < -0.3 is 4.74 Å². The molecule has 1 aliphatic heterocycles. The quantitative estimate of drug-likeness (QED) is 0.928. The Balaban J connectivity index is 1.68. The lowest BCUT2D eigenvalue weighted by atomic mass is 10.2. The van der Waals surface area contributed by atoms with Gasteiger partial charge in [-0.1, -0.05) is 17.4 Å². The number of ether oxygens (including phenoxy) is 1. The first-order chi connectivity index (χ1) is 9.33. The first kappa shape index (κ1) is 12.2. The van der Waals surface area contributed by atoms with E-state index in [1.54, 1.807) is 24.4 Å². The van der Waals surface area contributed by atoms with E-state index in [-0.39, 0.29) is 12.0 Å². The number of amides is 1. The Hall–Kier alpha value is -1.86. The van der Waals surface area contributed by atoms with E-state index in [1.165, 1.54) is 11.3 Å². The summed E-state index contributed by atoms with van der Waals surface area (Å²) in [5, 5.41) is 12.0. The minimum absolute atomic E-state index is 0.0259. The summed E-state index contributed by atoms with van der Waals surface area (Å²) < 4.78 is 5.52. The molecule has 98 valence electrons. The summed E-state index contributed by atoms with van der Waals surface area (Å²) >= 11 is 1.35. The number of hydrogen-bond acceptors (Lipinski definition) is 6. The molecule has 3 rings (SSSR count). The summed E-state index contributed by atoms with van der Waals surface area (Å²) in [5.41, 5.74) is 0.358. The van der Waals surface area contributed by atoms with Crippen molar-refractivity contribution in [1.29, 1.82) is 0 Å². The van der Waals surface area contributed by atoms with Crippen LogP contribution in [0.1, 0.15) is 34.4 Å². The van der Waals surface area contributed by atoms with Crippen LogP contribution >= 0.6 is 11.3 Å². The third-order valence-corrected chi connectivity index (χ3v) is 3.69. The molecule has 1 atom stereocenters. The Kier molecular flexibility index (Phi) is 3.47. The highest BCUT2D eigenvalue weighted by Crippen LogP contribution is 2.31. The fourth-order valence-electron chi connectivity index (χ4n) is 1.85. The van der Waals surface area contributed by atoms with Crippen molar-refractivity contribution < 1.29 is 9.53 Å². The summed E-state index contributed by atoms with van der Waals surface area (Å²) in [6.07, 6.45) is 3.60. The van der Waals surface area contributed by atoms with Gasteiger partial charge in [0, 0.05) is 12.8 Å². The number of anilines is 1. The highest BCUT2D eigenvalue weighted by Gasteiger charge is 2.22. The first-order valence-electron chi connectivity index (χ1n) is 6.00. The van der Waals surface area contributed by atoms with Crippen LogP contribution in [-0.4, -0.2) is 27.7 Å². The van der Waals surface area contributed by atoms with Gasteiger partial charge in [0.15, 0.2) is 0 Å². The second-order valence-electron chi connectivity index (χ2n) is 4.12. The fourth-order valence-corrected chi connectivity index (χ4v) is 2.67. The molecule has 1 N–H and O–H groups in total. The standard InChI is InChI=1S/C12H12N4O2S/c17-10(8-4-1-2-6-13-8)14-12-16-15-11(19-12)9-5-3-7-18-9/h1-2,4,6,9H,3,5,7H2,(H,14,16,17). The molecular weight excluding hydrogens is 264 g/mol. The number of nitrogens with zero attached hydrogens (tertiary/aromatic N) is 3. The molecule has 1 saturated heterocycles. The van der Waals surface area contributed by atoms with E-state index < -0.39 is 0 Å². The van der Waals surface area contributed by atoms with Gasteiger partial charge in [0.25, 0.3) is 5.91 Å². The Morgan fingerprint density at radius 2 is 2.37 bits per heavy atom. The lowest BCUT2D eigenvalue weighted by Gasteiger charge is -2.02. The van der Waals surface area contributed by atoms with Gasteiger partial charge in [-0.3, -0.25) is 15.1 Å². The lowest BCUT2D eigenvalue weighted by Crippen LogP contribution is -2.13. The number of aromatic nitrogens is 3. The summed E-state index contributed by atoms with van der Waals surface area (Å²) in [4.78, 5) is 15.9. The summed E-state index contributed by atoms with van der Waals surface area (Å²) in [7, 11) is 0. The molecule has 2 aromatic heterocycles. The highest BCUT2D eigenvalue weighted by atomic mass is 32.1. The Morgan fingerprint density at radius 3 is 3.11 bits per heavy atom. The van der Waals surface area contributed by atoms with E-state index in [4.69, 9.17) is 4.74 Å². The molecule has 3 heterocycles. The molecule has 1 unspecified atom stereocenters. The molecule has 0 spiro atoms. The maximum atomic E-state index is 11.9. The van der Waals surface area contributed by atoms with E-state index >= 15 is 0 Å². The minimum Gasteiger partial charge on any atom is -0.371 e. The van der Waals surface area contributed by atoms with Crippen LogP contribution in [0.3, 0.4) is 0 Å². The second-order valence-corrected chi connectivity index (χ2v) is 5.13. The van der Waals surface area contributed by atoms with Gasteiger partial charge in [0.1, 0.15) is 16.8 Å². The lowest BCUT2D eigenvalue weighted by molar-refractivity contribution is 0.102. The predicted molar refractivity (Wildman–Crippen MR) is 70.0 cm³/mol. The number of carbonyl (C=O) groups is 1. The van der Waals surface area contributed by atoms with Crippen LogP contribution in [0.2, 0.25) is 0 Å². The smallest absolute Gasteiger partial charge is 0.276 e. The zero-order chi connectivity index (χ0) is 13.1. The van der Waals surface area contributed by atoms with E-state index in [1.807, 2.05) is 0 Å². The van der Waals surface area contributed by atoms with Crippen LogP contribution in [0, 0.1) is 0 Å². The summed E-state index contributed by atoms with van der Waals surface area (Å²) in [6.45, 7) is 0.764. The Bertz CT molecular complexity index is 566. The van der Waals surface area contributed by atoms with Crippen LogP contribution in [0.4, 0.5) is 5.13 Å². The summed E-state index contributed by atoms with van der Waals surface area (Å²) in [6, 6.07) is 5.18. The molecule has 7 heteroatoms. The van der Waals surface area contributed by atoms with Crippen molar-refractivity contribution in [2.24, 2.45) is 0 Å². The maximum absolute atomic E-state index is 11.9. The van der Waals surface area contributed by atoms with Gasteiger partial charge in [0.05, 0.1) is 0 Å². The third-order valence-electron chi connectivity index (χ3n) is 2.76. The molecule has 19 heavy (non-hydrogen) atoms. The molecule has 1 fully saturated rings. The van der Waals surface area contributed by atoms with Crippen molar-refractivity contribution in [2.75, 3.05) is 11.9 Å². The van der Waals surface area contributed by atoms with Gasteiger partial charge in [-0.05, 0) is 25.0 Å². The molecule has 1 aliphatic rings. The molecule has 2 aromatic rings. The minimum atomic E-state index is -0.282. The van der Waals surface area contributed by atoms with Crippen molar-refractivity contribution in [1.82, 2.24) is 15.2 Å². The maximum Gasteiger partial charge on any atom is 0.276 e. The largest absolute Gasteiger partial charge is 0.371 e. The van der Waals surface area contributed by atoms with Crippen molar-refractivity contribution in [2.45, 2.75) is 18.9 Å². The monoisotopic (exact) mass is 276 g/mol. The molecule has 0 aromatic carbocycles. The van der Waals surface area contributed by atoms with Gasteiger partial charge in [0.2, 0.25) is 5.13 Å². The number of hydrogen-bond donors (Lipinski definition) is 1. The molecule has 0 bridgehead atoms. The van der Waals surface area contributed by atoms with E-state index in [0.29, 0.717) is 10.8 Å². The first-order valence-corrected chi connectivity index (χ1v) is 6.82. The number of carbonyl (C=O) groups excluding carboxylic acids is 1. The van der Waals surface area contributed by atoms with Crippen molar-refractivity contribution >= 4 is 22.4 Å². The zero-order valence-electron chi connectivity index (χ0n) is 10.1. The van der Waals surface area contributed by atoms with Crippen molar-refractivity contribution in [3.63, 3.8) is 0 Å². The second kappa shape index (κ2) is 5.41. The molecular formula is C12H12N4O2S. The molecule has 0 aliphatic carbocycles. The van der Waals surface area contributed by atoms with Gasteiger partial charge in [-0.2, -0.15) is 0 Å². The molecule has 0 saturated carbocycles. The van der Waals surface area contributed by atoms with Gasteiger partial charge in [-0.25, -0.2) is 0 Å². The van der Waals surface area contributed by atoms with Crippen molar-refractivity contribution in [3.05, 3.63) is 35.1 Å². The third kappa shape index (κ3) is 2.77. The molecule has 0 radical (unpaired) electrons. The van der Waals surface area contributed by atoms with Crippen LogP contribution in [-0.2, 0) is 4.74 Å². The fraction of sp³-hybridized carbons (Fsp3) is 0.333. The van der Waals surface area contributed by atoms with E-state index in [2.05, 4.69) is 20.5 Å². The number of pyridine rings is 1. The van der Waals surface area contributed by atoms with Crippen LogP contribution < -0.4 is 5.32 Å². The Labute approximate surface area is 113 Å². The SMILES string of the molecule is O=C(Nc1nnc(C2CCCO2)s1)c1ccccn1. The topological polar surface area (TPSA) is 77.0 Å². The predicted octanol–water partition coefficient (Wildman–Crippen LogP) is 2.04. The van der Waals surface area contributed by atoms with Crippen LogP contribution in [0.15, 0.2) is 24.4 Å². The Morgan fingerprint density at radius 1 is 1.42 bits per heavy atom. The highest BCUT2D eigenvalue weighted by molar-refractivity contribution is 7.15. The van der Waals surface area contributed by atoms with E-state index in [9.17, 15) is 4.79 Å².